The number of benzene rings is 2. The van der Waals surface area contributed by atoms with Crippen molar-refractivity contribution in [3.8, 4) is 0 Å². The first-order valence-electron chi connectivity index (χ1n) is 7.80. The number of carbonyl (C=O) groups is 1. The van der Waals surface area contributed by atoms with E-state index in [1.54, 1.807) is 7.05 Å². The van der Waals surface area contributed by atoms with Crippen LogP contribution in [0.5, 0.6) is 0 Å². The van der Waals surface area contributed by atoms with Crippen LogP contribution in [0.4, 0.5) is 4.79 Å². The molecular formula is C19H22N2O. The summed E-state index contributed by atoms with van der Waals surface area (Å²) in [5.74, 6) is 0. The molecule has 0 heterocycles. The van der Waals surface area contributed by atoms with Crippen molar-refractivity contribution in [2.45, 2.75) is 32.4 Å². The fourth-order valence-electron chi connectivity index (χ4n) is 3.22. The van der Waals surface area contributed by atoms with Crippen LogP contribution in [0.15, 0.2) is 48.5 Å². The van der Waals surface area contributed by atoms with E-state index in [-0.39, 0.29) is 12.1 Å². The minimum absolute atomic E-state index is 0.0118. The largest absolute Gasteiger partial charge is 0.341 e. The Kier molecular flexibility index (Phi) is 4.14. The molecule has 1 aliphatic rings. The molecule has 2 amide bonds. The summed E-state index contributed by atoms with van der Waals surface area (Å²) in [4.78, 5) is 14.3. The van der Waals surface area contributed by atoms with E-state index in [0.29, 0.717) is 6.54 Å². The van der Waals surface area contributed by atoms with Gasteiger partial charge in [0.15, 0.2) is 0 Å². The molecule has 3 nitrogen and oxygen atoms in total. The highest BCUT2D eigenvalue weighted by molar-refractivity contribution is 5.74. The number of hydrogen-bond donors (Lipinski definition) is 1. The Morgan fingerprint density at radius 3 is 2.64 bits per heavy atom. The second-order valence-electron chi connectivity index (χ2n) is 5.92. The molecule has 1 aliphatic carbocycles. The van der Waals surface area contributed by atoms with Crippen molar-refractivity contribution in [2.24, 2.45) is 0 Å². The number of urea groups is 1. The van der Waals surface area contributed by atoms with Crippen LogP contribution in [0.25, 0.3) is 0 Å². The summed E-state index contributed by atoms with van der Waals surface area (Å²) in [5.41, 5.74) is 5.06. The van der Waals surface area contributed by atoms with Crippen LogP contribution in [0, 0.1) is 6.92 Å². The number of nitrogens with one attached hydrogen (secondary N) is 1. The van der Waals surface area contributed by atoms with Gasteiger partial charge in [0.05, 0.1) is 6.04 Å². The van der Waals surface area contributed by atoms with Crippen LogP contribution < -0.4 is 5.32 Å². The zero-order valence-electron chi connectivity index (χ0n) is 13.2. The van der Waals surface area contributed by atoms with Gasteiger partial charge in [0.25, 0.3) is 0 Å². The smallest absolute Gasteiger partial charge is 0.317 e. The van der Waals surface area contributed by atoms with E-state index >= 15 is 0 Å². The van der Waals surface area contributed by atoms with E-state index in [2.05, 4.69) is 60.8 Å². The van der Waals surface area contributed by atoms with Crippen molar-refractivity contribution < 1.29 is 4.79 Å². The average molecular weight is 294 g/mol. The van der Waals surface area contributed by atoms with Gasteiger partial charge in [-0.3, -0.25) is 0 Å². The van der Waals surface area contributed by atoms with Crippen molar-refractivity contribution in [3.05, 3.63) is 70.8 Å². The Hall–Kier alpha value is -2.29. The first-order chi connectivity index (χ1) is 10.7. The van der Waals surface area contributed by atoms with Crippen LogP contribution >= 0.6 is 0 Å². The highest BCUT2D eigenvalue weighted by atomic mass is 16.2. The summed E-state index contributed by atoms with van der Waals surface area (Å²) in [6.45, 7) is 2.71. The second kappa shape index (κ2) is 6.22. The van der Waals surface area contributed by atoms with E-state index < -0.39 is 0 Å². The molecule has 0 spiro atoms. The average Bonchev–Trinajstić information content (AvgIpc) is 2.97. The Morgan fingerprint density at radius 2 is 1.91 bits per heavy atom. The quantitative estimate of drug-likeness (QED) is 0.917. The molecule has 0 saturated carbocycles. The van der Waals surface area contributed by atoms with E-state index in [0.717, 1.165) is 12.8 Å². The molecular weight excluding hydrogens is 272 g/mol. The number of rotatable bonds is 3. The number of hydrogen-bond acceptors (Lipinski definition) is 1. The lowest BCUT2D eigenvalue weighted by Crippen LogP contribution is -2.39. The molecule has 1 N–H and O–H groups in total. The maximum Gasteiger partial charge on any atom is 0.317 e. The van der Waals surface area contributed by atoms with Gasteiger partial charge >= 0.3 is 6.03 Å². The molecule has 0 radical (unpaired) electrons. The molecule has 2 aromatic carbocycles. The third kappa shape index (κ3) is 2.84. The lowest BCUT2D eigenvalue weighted by atomic mass is 10.1. The molecule has 3 heteroatoms. The summed E-state index contributed by atoms with van der Waals surface area (Å²) >= 11 is 0. The molecule has 0 unspecified atom stereocenters. The van der Waals surface area contributed by atoms with Crippen molar-refractivity contribution in [1.29, 1.82) is 0 Å². The molecule has 0 aliphatic heterocycles. The van der Waals surface area contributed by atoms with Crippen molar-refractivity contribution in [1.82, 2.24) is 10.2 Å². The lowest BCUT2D eigenvalue weighted by molar-refractivity contribution is 0.172. The fraction of sp³-hybridized carbons (Fsp3) is 0.316. The molecule has 0 bridgehead atoms. The number of nitrogens with zero attached hydrogens (tertiary/aromatic N) is 1. The summed E-state index contributed by atoms with van der Waals surface area (Å²) in [5, 5.41) is 2.79. The predicted molar refractivity (Wildman–Crippen MR) is 88.7 cm³/mol. The van der Waals surface area contributed by atoms with Gasteiger partial charge < -0.3 is 10.2 Å². The van der Waals surface area contributed by atoms with Gasteiger partial charge in [0.1, 0.15) is 0 Å². The van der Waals surface area contributed by atoms with Gasteiger partial charge in [0.2, 0.25) is 0 Å². The van der Waals surface area contributed by atoms with Gasteiger partial charge in [-0.25, -0.2) is 4.79 Å². The Morgan fingerprint density at radius 1 is 1.18 bits per heavy atom. The predicted octanol–water partition coefficient (Wildman–Crippen LogP) is 3.82. The SMILES string of the molecule is CNC(=O)N(Cc1ccc(C)cc1)[C@H]1CCc2ccccc21. The number of carbonyl (C=O) groups excluding carboxylic acids is 1. The normalized spacial score (nSPS) is 16.2. The zero-order chi connectivity index (χ0) is 15.5. The molecule has 1 atom stereocenters. The molecule has 0 saturated heterocycles. The van der Waals surface area contributed by atoms with Gasteiger partial charge in [-0.15, -0.1) is 0 Å². The fourth-order valence-corrected chi connectivity index (χ4v) is 3.22. The Labute approximate surface area is 132 Å². The zero-order valence-corrected chi connectivity index (χ0v) is 13.2. The van der Waals surface area contributed by atoms with E-state index in [9.17, 15) is 4.79 Å². The number of fused-ring (bicyclic) bond motifs is 1. The first-order valence-corrected chi connectivity index (χ1v) is 7.80. The van der Waals surface area contributed by atoms with Gasteiger partial charge in [-0.1, -0.05) is 54.1 Å². The summed E-state index contributed by atoms with van der Waals surface area (Å²) in [6, 6.07) is 17.0. The first kappa shape index (κ1) is 14.6. The summed E-state index contributed by atoms with van der Waals surface area (Å²) < 4.78 is 0. The highest BCUT2D eigenvalue weighted by Crippen LogP contribution is 2.36. The number of aryl methyl sites for hydroxylation is 2. The minimum Gasteiger partial charge on any atom is -0.341 e. The van der Waals surface area contributed by atoms with Gasteiger partial charge in [-0.05, 0) is 36.5 Å². The van der Waals surface area contributed by atoms with Crippen molar-refractivity contribution >= 4 is 6.03 Å². The third-order valence-electron chi connectivity index (χ3n) is 4.43. The Bertz CT molecular complexity index is 663. The van der Waals surface area contributed by atoms with Crippen LogP contribution in [-0.4, -0.2) is 18.0 Å². The molecule has 2 aromatic rings. The monoisotopic (exact) mass is 294 g/mol. The Balaban J connectivity index is 1.88. The second-order valence-corrected chi connectivity index (χ2v) is 5.92. The maximum absolute atomic E-state index is 12.4. The molecule has 0 fully saturated rings. The van der Waals surface area contributed by atoms with E-state index in [1.807, 2.05) is 4.90 Å². The highest BCUT2D eigenvalue weighted by Gasteiger charge is 2.30. The van der Waals surface area contributed by atoms with Crippen molar-refractivity contribution in [2.75, 3.05) is 7.05 Å². The minimum atomic E-state index is -0.0118. The maximum atomic E-state index is 12.4. The van der Waals surface area contributed by atoms with Crippen LogP contribution in [0.3, 0.4) is 0 Å². The molecule has 0 aromatic heterocycles. The van der Waals surface area contributed by atoms with Gasteiger partial charge in [-0.2, -0.15) is 0 Å². The van der Waals surface area contributed by atoms with Crippen LogP contribution in [0.2, 0.25) is 0 Å². The standard InChI is InChI=1S/C19H22N2O/c1-14-7-9-15(10-8-14)13-21(19(22)20-2)18-12-11-16-5-3-4-6-17(16)18/h3-10,18H,11-13H2,1-2H3,(H,20,22)/t18-/m0/s1. The third-order valence-corrected chi connectivity index (χ3v) is 4.43. The number of amides is 2. The van der Waals surface area contributed by atoms with E-state index in [4.69, 9.17) is 0 Å². The molecule has 3 rings (SSSR count). The van der Waals surface area contributed by atoms with Crippen molar-refractivity contribution in [3.63, 3.8) is 0 Å². The topological polar surface area (TPSA) is 32.3 Å². The lowest BCUT2D eigenvalue weighted by Gasteiger charge is -2.29. The van der Waals surface area contributed by atoms with Crippen LogP contribution in [-0.2, 0) is 13.0 Å². The molecule has 114 valence electrons. The molecule has 22 heavy (non-hydrogen) atoms. The summed E-state index contributed by atoms with van der Waals surface area (Å²) in [6.07, 6.45) is 2.04. The van der Waals surface area contributed by atoms with Gasteiger partial charge in [0, 0.05) is 13.6 Å². The summed E-state index contributed by atoms with van der Waals surface area (Å²) in [7, 11) is 1.70. The van der Waals surface area contributed by atoms with E-state index in [1.165, 1.54) is 22.3 Å². The van der Waals surface area contributed by atoms with Crippen LogP contribution in [0.1, 0.15) is 34.7 Å².